The molecule has 0 N–H and O–H groups in total. The molecule has 0 spiro atoms. The highest BCUT2D eigenvalue weighted by Crippen LogP contribution is 1.78. The van der Waals surface area contributed by atoms with Crippen LogP contribution in [0.4, 0.5) is 0 Å². The molecule has 0 unspecified atom stereocenters. The number of carbonyl (C=O) groups excluding carboxylic acids is 2. The van der Waals surface area contributed by atoms with Gasteiger partial charge in [-0.25, -0.2) is 4.84 Å². The molecule has 6 nitrogen and oxygen atoms in total. The number of Topliss-reactive ketones (excluding diaryl/α,β-unsaturated/α-hetero) is 1. The molecule has 0 aliphatic carbocycles. The fourth-order valence-electron chi connectivity index (χ4n) is 0.132. The van der Waals surface area contributed by atoms with Crippen LogP contribution >= 0.6 is 0 Å². The van der Waals surface area contributed by atoms with Gasteiger partial charge in [0.05, 0.1) is 0 Å². The Bertz CT molecular complexity index is 162. The lowest BCUT2D eigenvalue weighted by Crippen LogP contribution is -2.17. The first-order valence-corrected chi connectivity index (χ1v) is 1.91. The van der Waals surface area contributed by atoms with Crippen molar-refractivity contribution in [2.75, 3.05) is 0 Å². The third kappa shape index (κ3) is 3.15. The summed E-state index contributed by atoms with van der Waals surface area (Å²) in [5.74, 6) is -2.45. The van der Waals surface area contributed by atoms with Crippen LogP contribution in [0.1, 0.15) is 6.92 Å². The maximum Gasteiger partial charge on any atom is 0.369 e. The van der Waals surface area contributed by atoms with Crippen LogP contribution in [0.25, 0.3) is 0 Å². The van der Waals surface area contributed by atoms with Crippen LogP contribution in [0.15, 0.2) is 0 Å². The zero-order valence-electron chi connectivity index (χ0n) is 4.49. The van der Waals surface area contributed by atoms with E-state index in [1.807, 2.05) is 0 Å². The molecule has 0 amide bonds. The lowest BCUT2D eigenvalue weighted by Gasteiger charge is -1.87. The van der Waals surface area contributed by atoms with E-state index in [0.717, 1.165) is 6.92 Å². The molecule has 0 fully saturated rings. The molecule has 0 saturated heterocycles. The predicted octanol–water partition coefficient (Wildman–Crippen LogP) is -0.690. The van der Waals surface area contributed by atoms with Gasteiger partial charge in [0.15, 0.2) is 0 Å². The highest BCUT2D eigenvalue weighted by Gasteiger charge is 2.11. The van der Waals surface area contributed by atoms with Crippen LogP contribution < -0.4 is 0 Å². The van der Waals surface area contributed by atoms with Crippen LogP contribution in [0, 0.1) is 10.1 Å². The number of nitrogens with zero attached hydrogens (tertiary/aromatic N) is 1. The molecule has 0 aromatic carbocycles. The van der Waals surface area contributed by atoms with Gasteiger partial charge >= 0.3 is 11.1 Å². The summed E-state index contributed by atoms with van der Waals surface area (Å²) in [6, 6.07) is 0. The molecule has 0 aromatic rings. The van der Waals surface area contributed by atoms with Gasteiger partial charge in [-0.2, -0.15) is 0 Å². The molecule has 0 saturated carbocycles. The summed E-state index contributed by atoms with van der Waals surface area (Å²) in [4.78, 5) is 32.4. The van der Waals surface area contributed by atoms with Gasteiger partial charge in [0, 0.05) is 6.92 Å². The number of hydrogen-bond acceptors (Lipinski definition) is 5. The minimum absolute atomic E-state index is 0.881. The molecule has 0 aliphatic heterocycles. The third-order valence-corrected chi connectivity index (χ3v) is 0.445. The monoisotopic (exact) mass is 133 g/mol. The molecule has 0 rings (SSSR count). The Morgan fingerprint density at radius 1 is 1.56 bits per heavy atom. The zero-order valence-corrected chi connectivity index (χ0v) is 4.49. The average Bonchev–Trinajstić information content (AvgIpc) is 1.63. The van der Waals surface area contributed by atoms with Gasteiger partial charge in [-0.3, -0.25) is 9.59 Å². The summed E-state index contributed by atoms with van der Waals surface area (Å²) >= 11 is 0. The number of hydrogen-bond donors (Lipinski definition) is 0. The van der Waals surface area contributed by atoms with E-state index in [0.29, 0.717) is 0 Å². The van der Waals surface area contributed by atoms with E-state index in [1.54, 1.807) is 0 Å². The molecule has 0 heterocycles. The van der Waals surface area contributed by atoms with Crippen LogP contribution in [-0.2, 0) is 14.4 Å². The lowest BCUT2D eigenvalue weighted by atomic mass is 10.5. The van der Waals surface area contributed by atoms with Gasteiger partial charge in [-0.1, -0.05) is 0 Å². The van der Waals surface area contributed by atoms with Crippen molar-refractivity contribution in [3.8, 4) is 0 Å². The fraction of sp³-hybridized carbons (Fsp3) is 0.333. The van der Waals surface area contributed by atoms with Crippen molar-refractivity contribution < 1.29 is 19.5 Å². The van der Waals surface area contributed by atoms with E-state index < -0.39 is 16.8 Å². The first-order valence-electron chi connectivity index (χ1n) is 1.91. The second-order valence-electron chi connectivity index (χ2n) is 1.16. The summed E-state index contributed by atoms with van der Waals surface area (Å²) < 4.78 is 0. The van der Waals surface area contributed by atoms with Crippen molar-refractivity contribution >= 4 is 11.8 Å². The van der Waals surface area contributed by atoms with E-state index >= 15 is 0 Å². The molecule has 50 valence electrons. The van der Waals surface area contributed by atoms with E-state index in [4.69, 9.17) is 0 Å². The van der Waals surface area contributed by atoms with Gasteiger partial charge in [-0.05, 0) is 0 Å². The van der Waals surface area contributed by atoms with Gasteiger partial charge in [0.25, 0.3) is 0 Å². The van der Waals surface area contributed by atoms with Crippen molar-refractivity contribution in [1.29, 1.82) is 0 Å². The molecular weight excluding hydrogens is 130 g/mol. The summed E-state index contributed by atoms with van der Waals surface area (Å²) in [6.07, 6.45) is 0. The average molecular weight is 133 g/mol. The number of rotatable bonds is 2. The second-order valence-corrected chi connectivity index (χ2v) is 1.16. The molecule has 6 heteroatoms. The Morgan fingerprint density at radius 2 is 2.00 bits per heavy atom. The molecular formula is C3H3NO5. The summed E-state index contributed by atoms with van der Waals surface area (Å²) in [5.41, 5.74) is 0. The minimum atomic E-state index is -1.46. The number of ketones is 1. The Hall–Kier alpha value is -1.46. The Labute approximate surface area is 49.5 Å². The van der Waals surface area contributed by atoms with Crippen LogP contribution in [-0.4, -0.2) is 16.8 Å². The fourth-order valence-corrected chi connectivity index (χ4v) is 0.132. The van der Waals surface area contributed by atoms with E-state index in [9.17, 15) is 19.7 Å². The first-order chi connectivity index (χ1) is 4.04. The Balaban J connectivity index is 3.79. The molecule has 0 radical (unpaired) electrons. The van der Waals surface area contributed by atoms with Crippen molar-refractivity contribution in [2.24, 2.45) is 0 Å². The molecule has 0 aliphatic rings. The highest BCUT2D eigenvalue weighted by atomic mass is 17.0. The maximum absolute atomic E-state index is 9.94. The summed E-state index contributed by atoms with van der Waals surface area (Å²) in [5, 5.41) is 7.99. The van der Waals surface area contributed by atoms with E-state index in [1.165, 1.54) is 0 Å². The maximum atomic E-state index is 9.94. The van der Waals surface area contributed by atoms with Crippen molar-refractivity contribution in [3.05, 3.63) is 10.1 Å². The lowest BCUT2D eigenvalue weighted by molar-refractivity contribution is -0.728. The quantitative estimate of drug-likeness (QED) is 0.282. The van der Waals surface area contributed by atoms with Gasteiger partial charge in [0.1, 0.15) is 0 Å². The first kappa shape index (κ1) is 7.54. The third-order valence-electron chi connectivity index (χ3n) is 0.445. The molecule has 0 atom stereocenters. The largest absolute Gasteiger partial charge is 0.369 e. The predicted molar refractivity (Wildman–Crippen MR) is 23.8 cm³/mol. The second kappa shape index (κ2) is 2.75. The van der Waals surface area contributed by atoms with Crippen molar-refractivity contribution in [2.45, 2.75) is 6.92 Å². The van der Waals surface area contributed by atoms with Gasteiger partial charge in [0.2, 0.25) is 5.78 Å². The summed E-state index contributed by atoms with van der Waals surface area (Å²) in [7, 11) is 0. The smallest absolute Gasteiger partial charge is 0.289 e. The van der Waals surface area contributed by atoms with Gasteiger partial charge < -0.3 is 0 Å². The van der Waals surface area contributed by atoms with E-state index in [-0.39, 0.29) is 0 Å². The molecule has 0 aromatic heterocycles. The summed E-state index contributed by atoms with van der Waals surface area (Å²) in [6.45, 7) is 0.881. The van der Waals surface area contributed by atoms with Crippen molar-refractivity contribution in [3.63, 3.8) is 0 Å². The number of carbonyl (C=O) groups is 2. The Morgan fingerprint density at radius 3 is 2.11 bits per heavy atom. The van der Waals surface area contributed by atoms with Crippen molar-refractivity contribution in [1.82, 2.24) is 0 Å². The van der Waals surface area contributed by atoms with Crippen LogP contribution in [0.5, 0.6) is 0 Å². The molecule has 9 heavy (non-hydrogen) atoms. The minimum Gasteiger partial charge on any atom is -0.289 e. The zero-order chi connectivity index (χ0) is 7.44. The van der Waals surface area contributed by atoms with Crippen LogP contribution in [0.3, 0.4) is 0 Å². The van der Waals surface area contributed by atoms with Gasteiger partial charge in [-0.15, -0.1) is 10.1 Å². The SMILES string of the molecule is CC(=O)C(=O)O[N+](=O)[O-]. The van der Waals surface area contributed by atoms with E-state index in [2.05, 4.69) is 4.84 Å². The standard InChI is InChI=1S/C3H3NO5/c1-2(5)3(6)9-4(7)8/h1H3. The topological polar surface area (TPSA) is 86.5 Å². The Kier molecular flexibility index (Phi) is 2.31. The highest BCUT2D eigenvalue weighted by molar-refractivity contribution is 6.32. The molecule has 0 bridgehead atoms. The normalized spacial score (nSPS) is 8.11. The van der Waals surface area contributed by atoms with Crippen LogP contribution in [0.2, 0.25) is 0 Å².